The van der Waals surface area contributed by atoms with Crippen LogP contribution in [-0.4, -0.2) is 38.8 Å². The van der Waals surface area contributed by atoms with Gasteiger partial charge in [-0.25, -0.2) is 4.79 Å². The number of ether oxygens (including phenoxy) is 2. The van der Waals surface area contributed by atoms with Crippen LogP contribution < -0.4 is 15.4 Å². The molecule has 0 atom stereocenters. The molecule has 1 rings (SSSR count). The summed E-state index contributed by atoms with van der Waals surface area (Å²) in [5, 5.41) is 5.65. The van der Waals surface area contributed by atoms with Gasteiger partial charge in [-0.1, -0.05) is 11.6 Å². The van der Waals surface area contributed by atoms with E-state index in [1.807, 2.05) is 0 Å². The molecule has 0 saturated heterocycles. The molecule has 0 saturated carbocycles. The summed E-state index contributed by atoms with van der Waals surface area (Å²) >= 11 is 8.07. The third-order valence-electron chi connectivity index (χ3n) is 2.44. The molecule has 2 N–H and O–H groups in total. The summed E-state index contributed by atoms with van der Waals surface area (Å²) in [5.74, 6) is 0.121. The number of methoxy groups -OCH3 is 1. The van der Waals surface area contributed by atoms with E-state index < -0.39 is 6.09 Å². The summed E-state index contributed by atoms with van der Waals surface area (Å²) < 4.78 is 10.7. The SMILES string of the molecule is CCOC(=O)NCCNC(=O)c1cc(Cl)c(I)cc1OC. The second kappa shape index (κ2) is 8.93. The van der Waals surface area contributed by atoms with Gasteiger partial charge < -0.3 is 20.1 Å². The Balaban J connectivity index is 2.56. The Morgan fingerprint density at radius 1 is 1.29 bits per heavy atom. The van der Waals surface area contributed by atoms with Crippen molar-refractivity contribution < 1.29 is 19.1 Å². The number of hydrogen-bond acceptors (Lipinski definition) is 4. The standard InChI is InChI=1S/C13H16ClIN2O4/c1-3-21-13(19)17-5-4-16-12(18)8-6-9(14)10(15)7-11(8)20-2/h6-7H,3-5H2,1-2H3,(H,16,18)(H,17,19). The fraction of sp³-hybridized carbons (Fsp3) is 0.385. The summed E-state index contributed by atoms with van der Waals surface area (Å²) in [6.07, 6.45) is -0.512. The maximum atomic E-state index is 12.1. The van der Waals surface area contributed by atoms with Gasteiger partial charge in [-0.2, -0.15) is 0 Å². The summed E-state index contributed by atoms with van der Waals surface area (Å²) in [6.45, 7) is 2.56. The van der Waals surface area contributed by atoms with Crippen molar-refractivity contribution in [2.24, 2.45) is 0 Å². The highest BCUT2D eigenvalue weighted by Gasteiger charge is 2.14. The lowest BCUT2D eigenvalue weighted by Crippen LogP contribution is -2.35. The number of amides is 2. The van der Waals surface area contributed by atoms with Gasteiger partial charge in [-0.3, -0.25) is 4.79 Å². The number of halogens is 2. The molecule has 6 nitrogen and oxygen atoms in total. The number of carbonyl (C=O) groups is 2. The lowest BCUT2D eigenvalue weighted by atomic mass is 10.2. The van der Waals surface area contributed by atoms with Crippen molar-refractivity contribution in [2.45, 2.75) is 6.92 Å². The molecule has 1 aromatic carbocycles. The minimum absolute atomic E-state index is 0.268. The maximum absolute atomic E-state index is 12.1. The van der Waals surface area contributed by atoms with Gasteiger partial charge in [-0.15, -0.1) is 0 Å². The zero-order valence-electron chi connectivity index (χ0n) is 11.7. The molecule has 0 aliphatic heterocycles. The lowest BCUT2D eigenvalue weighted by molar-refractivity contribution is 0.0949. The number of benzene rings is 1. The van der Waals surface area contributed by atoms with Gasteiger partial charge in [0.25, 0.3) is 5.91 Å². The Hall–Kier alpha value is -1.22. The molecule has 2 amide bonds. The van der Waals surface area contributed by atoms with Gasteiger partial charge in [0.05, 0.1) is 24.3 Å². The fourth-order valence-electron chi connectivity index (χ4n) is 1.49. The minimum atomic E-state index is -0.512. The summed E-state index contributed by atoms with van der Waals surface area (Å²) in [6, 6.07) is 3.24. The zero-order valence-corrected chi connectivity index (χ0v) is 14.6. The van der Waals surface area contributed by atoms with Gasteiger partial charge in [0.15, 0.2) is 0 Å². The highest BCUT2D eigenvalue weighted by Crippen LogP contribution is 2.28. The Bertz CT molecular complexity index is 525. The van der Waals surface area contributed by atoms with Crippen molar-refractivity contribution in [1.29, 1.82) is 0 Å². The van der Waals surface area contributed by atoms with Crippen molar-refractivity contribution >= 4 is 46.2 Å². The first-order valence-corrected chi connectivity index (χ1v) is 7.67. The van der Waals surface area contributed by atoms with Crippen molar-refractivity contribution in [1.82, 2.24) is 10.6 Å². The number of carbonyl (C=O) groups excluding carboxylic acids is 2. The number of rotatable bonds is 6. The van der Waals surface area contributed by atoms with Gasteiger partial charge in [-0.05, 0) is 41.6 Å². The smallest absolute Gasteiger partial charge is 0.407 e. The summed E-state index contributed by atoms with van der Waals surface area (Å²) in [7, 11) is 1.48. The molecule has 0 unspecified atom stereocenters. The predicted molar refractivity (Wildman–Crippen MR) is 88.1 cm³/mol. The van der Waals surface area contributed by atoms with Crippen molar-refractivity contribution in [2.75, 3.05) is 26.8 Å². The van der Waals surface area contributed by atoms with Gasteiger partial charge in [0, 0.05) is 16.7 Å². The molecule has 0 spiro atoms. The van der Waals surface area contributed by atoms with Crippen LogP contribution in [0.3, 0.4) is 0 Å². The topological polar surface area (TPSA) is 76.7 Å². The van der Waals surface area contributed by atoms with Crippen LogP contribution in [0.5, 0.6) is 5.75 Å². The van der Waals surface area contributed by atoms with Crippen LogP contribution in [0.4, 0.5) is 4.79 Å². The van der Waals surface area contributed by atoms with Crippen molar-refractivity contribution in [3.8, 4) is 5.75 Å². The van der Waals surface area contributed by atoms with E-state index in [0.29, 0.717) is 22.9 Å². The predicted octanol–water partition coefficient (Wildman–Crippen LogP) is 2.43. The van der Waals surface area contributed by atoms with Crippen LogP contribution in [0.25, 0.3) is 0 Å². The Morgan fingerprint density at radius 2 is 1.95 bits per heavy atom. The molecule has 21 heavy (non-hydrogen) atoms. The molecular weight excluding hydrogens is 411 g/mol. The van der Waals surface area contributed by atoms with Crippen molar-refractivity contribution in [3.63, 3.8) is 0 Å². The third kappa shape index (κ3) is 5.58. The molecule has 8 heteroatoms. The molecule has 0 aliphatic rings. The first kappa shape index (κ1) is 17.8. The highest BCUT2D eigenvalue weighted by atomic mass is 127. The summed E-state index contributed by atoms with van der Waals surface area (Å²) in [5.41, 5.74) is 0.346. The van der Waals surface area contributed by atoms with E-state index in [9.17, 15) is 9.59 Å². The first-order valence-electron chi connectivity index (χ1n) is 6.21. The Kier molecular flexibility index (Phi) is 7.58. The molecule has 0 aliphatic carbocycles. The largest absolute Gasteiger partial charge is 0.496 e. The normalized spacial score (nSPS) is 9.90. The number of nitrogens with one attached hydrogen (secondary N) is 2. The van der Waals surface area contributed by atoms with E-state index in [4.69, 9.17) is 21.1 Å². The molecule has 0 heterocycles. The zero-order chi connectivity index (χ0) is 15.8. The van der Waals surface area contributed by atoms with E-state index in [2.05, 4.69) is 33.2 Å². The number of hydrogen-bond donors (Lipinski definition) is 2. The van der Waals surface area contributed by atoms with Crippen LogP contribution in [0, 0.1) is 3.57 Å². The number of alkyl carbamates (subject to hydrolysis) is 1. The lowest BCUT2D eigenvalue weighted by Gasteiger charge is -2.11. The van der Waals surface area contributed by atoms with E-state index in [0.717, 1.165) is 3.57 Å². The average Bonchev–Trinajstić information content (AvgIpc) is 2.46. The summed E-state index contributed by atoms with van der Waals surface area (Å²) in [4.78, 5) is 23.1. The Morgan fingerprint density at radius 3 is 2.57 bits per heavy atom. The van der Waals surface area contributed by atoms with Gasteiger partial charge in [0.2, 0.25) is 0 Å². The molecular formula is C13H16ClIN2O4. The van der Waals surface area contributed by atoms with Crippen LogP contribution in [0.1, 0.15) is 17.3 Å². The fourth-order valence-corrected chi connectivity index (χ4v) is 2.10. The highest BCUT2D eigenvalue weighted by molar-refractivity contribution is 14.1. The van der Waals surface area contributed by atoms with E-state index >= 15 is 0 Å². The minimum Gasteiger partial charge on any atom is -0.496 e. The van der Waals surface area contributed by atoms with Crippen LogP contribution in [-0.2, 0) is 4.74 Å². The molecule has 0 bridgehead atoms. The van der Waals surface area contributed by atoms with E-state index in [1.165, 1.54) is 7.11 Å². The maximum Gasteiger partial charge on any atom is 0.407 e. The van der Waals surface area contributed by atoms with Crippen LogP contribution >= 0.6 is 34.2 Å². The van der Waals surface area contributed by atoms with Crippen molar-refractivity contribution in [3.05, 3.63) is 26.3 Å². The molecule has 1 aromatic rings. The van der Waals surface area contributed by atoms with E-state index in [1.54, 1.807) is 19.1 Å². The third-order valence-corrected chi connectivity index (χ3v) is 3.97. The van der Waals surface area contributed by atoms with Crippen LogP contribution in [0.15, 0.2) is 12.1 Å². The quantitative estimate of drug-likeness (QED) is 0.541. The molecule has 0 fully saturated rings. The molecule has 0 aromatic heterocycles. The molecule has 116 valence electrons. The second-order valence-electron chi connectivity index (χ2n) is 3.87. The van der Waals surface area contributed by atoms with Gasteiger partial charge >= 0.3 is 6.09 Å². The molecule has 0 radical (unpaired) electrons. The first-order chi connectivity index (χ1) is 9.99. The second-order valence-corrected chi connectivity index (χ2v) is 5.44. The monoisotopic (exact) mass is 426 g/mol. The average molecular weight is 427 g/mol. The van der Waals surface area contributed by atoms with Crippen LogP contribution in [0.2, 0.25) is 5.02 Å². The van der Waals surface area contributed by atoms with E-state index in [-0.39, 0.29) is 19.0 Å². The Labute approximate surface area is 141 Å². The van der Waals surface area contributed by atoms with Gasteiger partial charge in [0.1, 0.15) is 5.75 Å².